The standard InChI is InChI=1S/C10H13ClO2S/c11-9-2-1-8(14-9)10(12)7-3-5-13-6-4-7/h1-2,7,10,12H,3-6H2. The molecule has 1 aromatic rings. The summed E-state index contributed by atoms with van der Waals surface area (Å²) in [6.07, 6.45) is 1.52. The van der Waals surface area contributed by atoms with Crippen molar-refractivity contribution in [3.63, 3.8) is 0 Å². The van der Waals surface area contributed by atoms with Gasteiger partial charge in [0.05, 0.1) is 10.4 Å². The maximum absolute atomic E-state index is 10.1. The fourth-order valence-corrected chi connectivity index (χ4v) is 2.89. The number of halogens is 1. The van der Waals surface area contributed by atoms with Gasteiger partial charge < -0.3 is 9.84 Å². The Labute approximate surface area is 92.5 Å². The minimum absolute atomic E-state index is 0.332. The number of ether oxygens (including phenoxy) is 1. The van der Waals surface area contributed by atoms with Gasteiger partial charge in [0, 0.05) is 18.1 Å². The van der Waals surface area contributed by atoms with Crippen molar-refractivity contribution in [1.82, 2.24) is 0 Å². The molecule has 1 aromatic heterocycles. The van der Waals surface area contributed by atoms with Gasteiger partial charge in [-0.15, -0.1) is 11.3 Å². The van der Waals surface area contributed by atoms with Gasteiger partial charge in [-0.05, 0) is 30.9 Å². The molecule has 1 unspecified atom stereocenters. The zero-order valence-electron chi connectivity index (χ0n) is 7.78. The van der Waals surface area contributed by atoms with Gasteiger partial charge in [-0.25, -0.2) is 0 Å². The van der Waals surface area contributed by atoms with E-state index in [9.17, 15) is 5.11 Å². The average Bonchev–Trinajstić information content (AvgIpc) is 2.65. The van der Waals surface area contributed by atoms with E-state index < -0.39 is 0 Å². The fraction of sp³-hybridized carbons (Fsp3) is 0.600. The second-order valence-corrected chi connectivity index (χ2v) is 5.28. The number of aliphatic hydroxyl groups is 1. The predicted molar refractivity (Wildman–Crippen MR) is 57.8 cm³/mol. The molecule has 1 N–H and O–H groups in total. The van der Waals surface area contributed by atoms with Gasteiger partial charge in [0.2, 0.25) is 0 Å². The molecule has 2 rings (SSSR count). The Balaban J connectivity index is 2.03. The third-order valence-corrected chi connectivity index (χ3v) is 3.90. The highest BCUT2D eigenvalue weighted by Gasteiger charge is 2.24. The topological polar surface area (TPSA) is 29.5 Å². The summed E-state index contributed by atoms with van der Waals surface area (Å²) in [5, 5.41) is 10.1. The quantitative estimate of drug-likeness (QED) is 0.850. The summed E-state index contributed by atoms with van der Waals surface area (Å²) in [5.41, 5.74) is 0. The van der Waals surface area contributed by atoms with Crippen molar-refractivity contribution >= 4 is 22.9 Å². The highest BCUT2D eigenvalue weighted by atomic mass is 35.5. The number of thiophene rings is 1. The molecule has 2 heterocycles. The minimum Gasteiger partial charge on any atom is -0.387 e. The second kappa shape index (κ2) is 4.62. The molecule has 0 aliphatic carbocycles. The van der Waals surface area contributed by atoms with Gasteiger partial charge in [-0.2, -0.15) is 0 Å². The first-order valence-corrected chi connectivity index (χ1v) is 5.98. The lowest BCUT2D eigenvalue weighted by Crippen LogP contribution is -2.21. The summed E-state index contributed by atoms with van der Waals surface area (Å²) in [6.45, 7) is 1.53. The van der Waals surface area contributed by atoms with Crippen LogP contribution in [0, 0.1) is 5.92 Å². The van der Waals surface area contributed by atoms with E-state index >= 15 is 0 Å². The molecule has 78 valence electrons. The number of hydrogen-bond acceptors (Lipinski definition) is 3. The summed E-state index contributed by atoms with van der Waals surface area (Å²) in [5.74, 6) is 0.332. The van der Waals surface area contributed by atoms with Gasteiger partial charge in [0.25, 0.3) is 0 Å². The van der Waals surface area contributed by atoms with Crippen molar-refractivity contribution in [2.75, 3.05) is 13.2 Å². The van der Waals surface area contributed by atoms with Crippen LogP contribution in [-0.2, 0) is 4.74 Å². The van der Waals surface area contributed by atoms with Crippen LogP contribution in [0.2, 0.25) is 4.34 Å². The van der Waals surface area contributed by atoms with Crippen molar-refractivity contribution in [1.29, 1.82) is 0 Å². The van der Waals surface area contributed by atoms with Crippen LogP contribution in [0.1, 0.15) is 23.8 Å². The van der Waals surface area contributed by atoms with Crippen LogP contribution in [0.25, 0.3) is 0 Å². The first kappa shape index (κ1) is 10.4. The van der Waals surface area contributed by atoms with Crippen LogP contribution in [0.15, 0.2) is 12.1 Å². The molecule has 0 bridgehead atoms. The molecule has 0 radical (unpaired) electrons. The van der Waals surface area contributed by atoms with Crippen LogP contribution in [0.4, 0.5) is 0 Å². The van der Waals surface area contributed by atoms with Crippen molar-refractivity contribution in [3.05, 3.63) is 21.3 Å². The number of aliphatic hydroxyl groups excluding tert-OH is 1. The predicted octanol–water partition coefficient (Wildman–Crippen LogP) is 2.86. The summed E-state index contributed by atoms with van der Waals surface area (Å²) in [7, 11) is 0. The van der Waals surface area contributed by atoms with E-state index in [0.29, 0.717) is 5.92 Å². The van der Waals surface area contributed by atoms with Gasteiger partial charge in [0.15, 0.2) is 0 Å². The molecule has 0 amide bonds. The van der Waals surface area contributed by atoms with Gasteiger partial charge in [-0.1, -0.05) is 11.6 Å². The molecule has 14 heavy (non-hydrogen) atoms. The summed E-state index contributed by atoms with van der Waals surface area (Å²) in [6, 6.07) is 3.75. The third-order valence-electron chi connectivity index (χ3n) is 2.60. The number of rotatable bonds is 2. The van der Waals surface area contributed by atoms with E-state index in [4.69, 9.17) is 16.3 Å². The van der Waals surface area contributed by atoms with Crippen LogP contribution in [0.5, 0.6) is 0 Å². The Hall–Kier alpha value is -0.0900. The lowest BCUT2D eigenvalue weighted by atomic mass is 9.93. The van der Waals surface area contributed by atoms with E-state index in [-0.39, 0.29) is 6.10 Å². The van der Waals surface area contributed by atoms with E-state index in [1.54, 1.807) is 0 Å². The smallest absolute Gasteiger partial charge is 0.0932 e. The molecular weight excluding hydrogens is 220 g/mol. The molecule has 1 saturated heterocycles. The normalized spacial score (nSPS) is 21.0. The van der Waals surface area contributed by atoms with E-state index in [1.165, 1.54) is 11.3 Å². The molecule has 1 fully saturated rings. The highest BCUT2D eigenvalue weighted by Crippen LogP contribution is 2.35. The molecular formula is C10H13ClO2S. The zero-order valence-corrected chi connectivity index (χ0v) is 9.35. The third kappa shape index (κ3) is 2.28. The molecule has 0 spiro atoms. The summed E-state index contributed by atoms with van der Waals surface area (Å²) < 4.78 is 6.00. The summed E-state index contributed by atoms with van der Waals surface area (Å²) in [4.78, 5) is 0.974. The van der Waals surface area contributed by atoms with Gasteiger partial charge in [0.1, 0.15) is 0 Å². The molecule has 2 nitrogen and oxygen atoms in total. The van der Waals surface area contributed by atoms with Crippen molar-refractivity contribution in [2.45, 2.75) is 18.9 Å². The van der Waals surface area contributed by atoms with E-state index in [1.807, 2.05) is 12.1 Å². The van der Waals surface area contributed by atoms with Crippen LogP contribution < -0.4 is 0 Å². The maximum atomic E-state index is 10.1. The lowest BCUT2D eigenvalue weighted by molar-refractivity contribution is 0.00854. The van der Waals surface area contributed by atoms with E-state index in [2.05, 4.69) is 0 Å². The Bertz CT molecular complexity index is 294. The first-order valence-electron chi connectivity index (χ1n) is 4.78. The Morgan fingerprint density at radius 1 is 1.43 bits per heavy atom. The number of hydrogen-bond donors (Lipinski definition) is 1. The molecule has 1 aliphatic heterocycles. The van der Waals surface area contributed by atoms with Crippen LogP contribution in [-0.4, -0.2) is 18.3 Å². The monoisotopic (exact) mass is 232 g/mol. The van der Waals surface area contributed by atoms with Crippen molar-refractivity contribution in [2.24, 2.45) is 5.92 Å². The van der Waals surface area contributed by atoms with Gasteiger partial charge >= 0.3 is 0 Å². The molecule has 1 aliphatic rings. The Kier molecular flexibility index (Phi) is 3.44. The Morgan fingerprint density at radius 2 is 2.14 bits per heavy atom. The molecule has 4 heteroatoms. The highest BCUT2D eigenvalue weighted by molar-refractivity contribution is 7.16. The SMILES string of the molecule is OC(c1ccc(Cl)s1)C1CCOCC1. The largest absolute Gasteiger partial charge is 0.387 e. The first-order chi connectivity index (χ1) is 6.77. The van der Waals surface area contributed by atoms with Crippen LogP contribution >= 0.6 is 22.9 Å². The van der Waals surface area contributed by atoms with Crippen molar-refractivity contribution in [3.8, 4) is 0 Å². The maximum Gasteiger partial charge on any atom is 0.0932 e. The zero-order chi connectivity index (χ0) is 9.97. The molecule has 0 saturated carbocycles. The average molecular weight is 233 g/mol. The van der Waals surface area contributed by atoms with E-state index in [0.717, 1.165) is 35.3 Å². The molecule has 0 aromatic carbocycles. The van der Waals surface area contributed by atoms with Crippen LogP contribution in [0.3, 0.4) is 0 Å². The second-order valence-electron chi connectivity index (χ2n) is 3.54. The fourth-order valence-electron chi connectivity index (χ4n) is 1.75. The van der Waals surface area contributed by atoms with Gasteiger partial charge in [-0.3, -0.25) is 0 Å². The lowest BCUT2D eigenvalue weighted by Gasteiger charge is -2.25. The summed E-state index contributed by atoms with van der Waals surface area (Å²) >= 11 is 7.29. The van der Waals surface area contributed by atoms with Crippen molar-refractivity contribution < 1.29 is 9.84 Å². The Morgan fingerprint density at radius 3 is 2.71 bits per heavy atom. The molecule has 1 atom stereocenters. The minimum atomic E-state index is -0.364.